The van der Waals surface area contributed by atoms with E-state index in [9.17, 15) is 14.4 Å². The number of carbonyl (C=O) groups excluding carboxylic acids is 3. The Bertz CT molecular complexity index is 784. The van der Waals surface area contributed by atoms with E-state index in [2.05, 4.69) is 5.32 Å². The van der Waals surface area contributed by atoms with Crippen LogP contribution in [-0.4, -0.2) is 46.6 Å². The number of fused-ring (bicyclic) bond motifs is 1. The summed E-state index contributed by atoms with van der Waals surface area (Å²) in [6.07, 6.45) is 4.74. The minimum absolute atomic E-state index is 0.165. The van der Waals surface area contributed by atoms with E-state index in [0.717, 1.165) is 5.56 Å². The van der Waals surface area contributed by atoms with Crippen molar-refractivity contribution in [1.29, 1.82) is 0 Å². The number of alkyl carbamates (subject to hydrolysis) is 1. The first kappa shape index (κ1) is 20.9. The van der Waals surface area contributed by atoms with E-state index in [1.807, 2.05) is 42.5 Å². The Labute approximate surface area is 171 Å². The van der Waals surface area contributed by atoms with Crippen LogP contribution in [0.1, 0.15) is 45.6 Å². The smallest absolute Gasteiger partial charge is 0.408 e. The van der Waals surface area contributed by atoms with Crippen LogP contribution in [0.5, 0.6) is 0 Å². The van der Waals surface area contributed by atoms with Crippen molar-refractivity contribution in [3.05, 3.63) is 48.0 Å². The van der Waals surface area contributed by atoms with Gasteiger partial charge in [0.05, 0.1) is 6.04 Å². The Kier molecular flexibility index (Phi) is 6.25. The molecule has 2 aliphatic rings. The maximum absolute atomic E-state index is 13.1. The van der Waals surface area contributed by atoms with Crippen molar-refractivity contribution in [1.82, 2.24) is 10.2 Å². The quantitative estimate of drug-likeness (QED) is 0.620. The van der Waals surface area contributed by atoms with Gasteiger partial charge in [-0.3, -0.25) is 4.79 Å². The van der Waals surface area contributed by atoms with Gasteiger partial charge >= 0.3 is 12.1 Å². The fourth-order valence-electron chi connectivity index (χ4n) is 3.62. The molecule has 2 amide bonds. The SMILES string of the molecule is CC(C)(C)OC(=O)N[C@H]1CC=CC2CC[C@@H](C(=O)OCc3ccccc3)N2C1=O. The third-order valence-corrected chi connectivity index (χ3v) is 4.90. The Morgan fingerprint density at radius 2 is 1.90 bits per heavy atom. The fraction of sp³-hybridized carbons (Fsp3) is 0.500. The largest absolute Gasteiger partial charge is 0.459 e. The number of rotatable bonds is 4. The van der Waals surface area contributed by atoms with Gasteiger partial charge in [-0.1, -0.05) is 42.5 Å². The zero-order chi connectivity index (χ0) is 21.0. The zero-order valence-electron chi connectivity index (χ0n) is 17.1. The van der Waals surface area contributed by atoms with Gasteiger partial charge in [-0.15, -0.1) is 0 Å². The second-order valence-corrected chi connectivity index (χ2v) is 8.36. The molecular formula is C22H28N2O5. The number of hydrogen-bond donors (Lipinski definition) is 1. The predicted octanol–water partition coefficient (Wildman–Crippen LogP) is 2.94. The highest BCUT2D eigenvalue weighted by molar-refractivity contribution is 5.91. The van der Waals surface area contributed by atoms with E-state index in [1.54, 1.807) is 25.7 Å². The third kappa shape index (κ3) is 5.37. The second kappa shape index (κ2) is 8.68. The summed E-state index contributed by atoms with van der Waals surface area (Å²) in [5.41, 5.74) is 0.232. The van der Waals surface area contributed by atoms with Gasteiger partial charge in [-0.2, -0.15) is 0 Å². The molecule has 1 aromatic rings. The topological polar surface area (TPSA) is 84.9 Å². The normalized spacial score (nSPS) is 23.9. The molecule has 3 rings (SSSR count). The average molecular weight is 400 g/mol. The lowest BCUT2D eigenvalue weighted by molar-refractivity contribution is -0.155. The molecule has 1 saturated heterocycles. The number of benzene rings is 1. The summed E-state index contributed by atoms with van der Waals surface area (Å²) >= 11 is 0. The lowest BCUT2D eigenvalue weighted by Gasteiger charge is -2.30. The Morgan fingerprint density at radius 1 is 1.17 bits per heavy atom. The highest BCUT2D eigenvalue weighted by atomic mass is 16.6. The summed E-state index contributed by atoms with van der Waals surface area (Å²) in [6, 6.07) is 7.83. The molecule has 2 aliphatic heterocycles. The van der Waals surface area contributed by atoms with Crippen LogP contribution in [0, 0.1) is 0 Å². The van der Waals surface area contributed by atoms with Crippen molar-refractivity contribution >= 4 is 18.0 Å². The molecule has 0 aliphatic carbocycles. The van der Waals surface area contributed by atoms with Crippen LogP contribution in [0.3, 0.4) is 0 Å². The molecule has 0 bridgehead atoms. The van der Waals surface area contributed by atoms with Crippen molar-refractivity contribution in [3.8, 4) is 0 Å². The number of hydrogen-bond acceptors (Lipinski definition) is 5. The van der Waals surface area contributed by atoms with Gasteiger partial charge in [0.1, 0.15) is 24.3 Å². The van der Waals surface area contributed by atoms with Crippen LogP contribution in [0.25, 0.3) is 0 Å². The average Bonchev–Trinajstić information content (AvgIpc) is 3.01. The number of nitrogens with one attached hydrogen (secondary N) is 1. The molecule has 1 N–H and O–H groups in total. The lowest BCUT2D eigenvalue weighted by Crippen LogP contribution is -2.53. The molecule has 3 atom stereocenters. The van der Waals surface area contributed by atoms with E-state index in [4.69, 9.17) is 9.47 Å². The summed E-state index contributed by atoms with van der Waals surface area (Å²) in [4.78, 5) is 39.5. The number of amides is 2. The van der Waals surface area contributed by atoms with Crippen molar-refractivity contribution in [3.63, 3.8) is 0 Å². The number of esters is 1. The van der Waals surface area contributed by atoms with Crippen molar-refractivity contribution in [2.24, 2.45) is 0 Å². The lowest BCUT2D eigenvalue weighted by atomic mass is 10.1. The Morgan fingerprint density at radius 3 is 2.59 bits per heavy atom. The van der Waals surface area contributed by atoms with Gasteiger partial charge in [0.25, 0.3) is 0 Å². The van der Waals surface area contributed by atoms with Crippen LogP contribution in [0.2, 0.25) is 0 Å². The van der Waals surface area contributed by atoms with Gasteiger partial charge in [-0.05, 0) is 45.6 Å². The van der Waals surface area contributed by atoms with Crippen molar-refractivity contribution in [2.75, 3.05) is 0 Å². The predicted molar refractivity (Wildman–Crippen MR) is 107 cm³/mol. The van der Waals surface area contributed by atoms with E-state index in [0.29, 0.717) is 19.3 Å². The Balaban J connectivity index is 1.66. The first-order chi connectivity index (χ1) is 13.7. The minimum atomic E-state index is -0.770. The summed E-state index contributed by atoms with van der Waals surface area (Å²) in [5.74, 6) is -0.707. The van der Waals surface area contributed by atoms with Gasteiger partial charge in [0.15, 0.2) is 0 Å². The molecule has 156 valence electrons. The third-order valence-electron chi connectivity index (χ3n) is 4.90. The summed E-state index contributed by atoms with van der Waals surface area (Å²) < 4.78 is 10.7. The monoisotopic (exact) mass is 400 g/mol. The van der Waals surface area contributed by atoms with E-state index in [-0.39, 0.29) is 18.6 Å². The molecule has 7 heteroatoms. The van der Waals surface area contributed by atoms with Crippen LogP contribution in [0.15, 0.2) is 42.5 Å². The molecule has 0 saturated carbocycles. The molecular weight excluding hydrogens is 372 g/mol. The molecule has 0 radical (unpaired) electrons. The van der Waals surface area contributed by atoms with Crippen LogP contribution >= 0.6 is 0 Å². The first-order valence-corrected chi connectivity index (χ1v) is 9.93. The number of nitrogens with zero attached hydrogens (tertiary/aromatic N) is 1. The van der Waals surface area contributed by atoms with Crippen molar-refractivity contribution < 1.29 is 23.9 Å². The molecule has 0 aromatic heterocycles. The Hall–Kier alpha value is -2.83. The molecule has 7 nitrogen and oxygen atoms in total. The second-order valence-electron chi connectivity index (χ2n) is 8.36. The van der Waals surface area contributed by atoms with Gasteiger partial charge < -0.3 is 19.7 Å². The fourth-order valence-corrected chi connectivity index (χ4v) is 3.62. The zero-order valence-corrected chi connectivity index (χ0v) is 17.1. The number of ether oxygens (including phenoxy) is 2. The highest BCUT2D eigenvalue weighted by Gasteiger charge is 2.44. The van der Waals surface area contributed by atoms with Gasteiger partial charge in [0.2, 0.25) is 5.91 Å². The maximum atomic E-state index is 13.1. The van der Waals surface area contributed by atoms with Crippen LogP contribution in [-0.2, 0) is 25.7 Å². The van der Waals surface area contributed by atoms with E-state index < -0.39 is 29.7 Å². The van der Waals surface area contributed by atoms with Gasteiger partial charge in [-0.25, -0.2) is 9.59 Å². The van der Waals surface area contributed by atoms with Crippen molar-refractivity contribution in [2.45, 2.75) is 70.4 Å². The summed E-state index contributed by atoms with van der Waals surface area (Å²) in [7, 11) is 0. The van der Waals surface area contributed by atoms with E-state index in [1.165, 1.54) is 0 Å². The minimum Gasteiger partial charge on any atom is -0.459 e. The summed E-state index contributed by atoms with van der Waals surface area (Å²) in [6.45, 7) is 5.45. The molecule has 29 heavy (non-hydrogen) atoms. The highest BCUT2D eigenvalue weighted by Crippen LogP contribution is 2.29. The molecule has 1 fully saturated rings. The van der Waals surface area contributed by atoms with Gasteiger partial charge in [0, 0.05) is 0 Å². The molecule has 2 heterocycles. The van der Waals surface area contributed by atoms with E-state index >= 15 is 0 Å². The summed E-state index contributed by atoms with van der Waals surface area (Å²) in [5, 5.41) is 2.64. The number of carbonyl (C=O) groups is 3. The van der Waals surface area contributed by atoms with Crippen LogP contribution in [0.4, 0.5) is 4.79 Å². The first-order valence-electron chi connectivity index (χ1n) is 9.93. The maximum Gasteiger partial charge on any atom is 0.408 e. The molecule has 1 aromatic carbocycles. The molecule has 0 spiro atoms. The van der Waals surface area contributed by atoms with Crippen LogP contribution < -0.4 is 5.32 Å². The molecule has 1 unspecified atom stereocenters. The standard InChI is InChI=1S/C22H28N2O5/c1-22(2,3)29-21(27)23-17-11-7-10-16-12-13-18(24(16)19(17)25)20(26)28-14-15-8-5-4-6-9-15/h4-10,16-18H,11-14H2,1-3H3,(H,23,27)/t16?,17-,18-/m0/s1.